The topological polar surface area (TPSA) is 0 Å². The lowest BCUT2D eigenvalue weighted by Gasteiger charge is -2.18. The van der Waals surface area contributed by atoms with Crippen molar-refractivity contribution in [3.05, 3.63) is 48.0 Å². The van der Waals surface area contributed by atoms with Gasteiger partial charge in [0.05, 0.1) is 0 Å². The van der Waals surface area contributed by atoms with Crippen molar-refractivity contribution in [1.29, 1.82) is 0 Å². The van der Waals surface area contributed by atoms with Crippen LogP contribution in [-0.2, 0) is 0 Å². The summed E-state index contributed by atoms with van der Waals surface area (Å²) < 4.78 is 0. The zero-order valence-corrected chi connectivity index (χ0v) is 9.99. The number of rotatable bonds is 0. The van der Waals surface area contributed by atoms with E-state index in [0.29, 0.717) is 0 Å². The Morgan fingerprint density at radius 3 is 2.07 bits per heavy atom. The van der Waals surface area contributed by atoms with Gasteiger partial charge in [0.2, 0.25) is 0 Å². The zero-order chi connectivity index (χ0) is 10.3. The van der Waals surface area contributed by atoms with E-state index in [4.69, 9.17) is 0 Å². The van der Waals surface area contributed by atoms with E-state index in [0.717, 1.165) is 0 Å². The Balaban J connectivity index is 2.11. The lowest BCUT2D eigenvalue weighted by molar-refractivity contribution is 1.14. The Bertz CT molecular complexity index is 518. The molecule has 2 aromatic carbocycles. The zero-order valence-electron chi connectivity index (χ0n) is 8.36. The highest BCUT2D eigenvalue weighted by molar-refractivity contribution is 8.05. The Labute approximate surface area is 98.1 Å². The highest BCUT2D eigenvalue weighted by Gasteiger charge is 2.15. The van der Waals surface area contributed by atoms with Crippen LogP contribution in [0.2, 0.25) is 0 Å². The number of fused-ring (bicyclic) bond motifs is 2. The number of aryl methyl sites for hydroxylation is 1. The summed E-state index contributed by atoms with van der Waals surface area (Å²) >= 11 is 3.75. The third kappa shape index (κ3) is 1.68. The van der Waals surface area contributed by atoms with Gasteiger partial charge in [-0.05, 0) is 36.8 Å². The predicted octanol–water partition coefficient (Wildman–Crippen LogP) is 4.61. The fourth-order valence-corrected chi connectivity index (χ4v) is 3.95. The molecule has 2 aromatic rings. The maximum atomic E-state index is 2.27. The molecule has 0 nitrogen and oxygen atoms in total. The average molecular weight is 230 g/mol. The van der Waals surface area contributed by atoms with Gasteiger partial charge in [-0.1, -0.05) is 41.7 Å². The monoisotopic (exact) mass is 230 g/mol. The largest absolute Gasteiger partial charge is 0.0877 e. The molecule has 0 unspecified atom stereocenters. The Kier molecular flexibility index (Phi) is 2.26. The Morgan fingerprint density at radius 1 is 0.733 bits per heavy atom. The fraction of sp³-hybridized carbons (Fsp3) is 0.0769. The van der Waals surface area contributed by atoms with Gasteiger partial charge in [-0.25, -0.2) is 0 Å². The lowest BCUT2D eigenvalue weighted by Crippen LogP contribution is -1.89. The molecule has 0 aliphatic carbocycles. The van der Waals surface area contributed by atoms with E-state index in [1.807, 2.05) is 23.5 Å². The van der Waals surface area contributed by atoms with Crippen LogP contribution in [0.15, 0.2) is 62.0 Å². The second-order valence-electron chi connectivity index (χ2n) is 3.60. The minimum atomic E-state index is 1.33. The van der Waals surface area contributed by atoms with E-state index in [1.54, 1.807) is 0 Å². The van der Waals surface area contributed by atoms with Crippen LogP contribution in [0.1, 0.15) is 5.56 Å². The molecule has 0 fully saturated rings. The molecule has 0 saturated carbocycles. The molecular formula is C13H10S2. The fourth-order valence-electron chi connectivity index (χ4n) is 1.64. The van der Waals surface area contributed by atoms with Crippen molar-refractivity contribution >= 4 is 23.5 Å². The molecule has 1 heterocycles. The van der Waals surface area contributed by atoms with Crippen molar-refractivity contribution in [2.45, 2.75) is 26.5 Å². The molecule has 0 spiro atoms. The standard InChI is InChI=1S/C13H10S2/c1-9-6-7-12-13(8-9)15-11-5-3-2-4-10(11)14-12/h2-8H,1H3. The lowest BCUT2D eigenvalue weighted by atomic mass is 10.2. The molecule has 3 rings (SSSR count). The van der Waals surface area contributed by atoms with Gasteiger partial charge in [-0.2, -0.15) is 0 Å². The second kappa shape index (κ2) is 3.62. The summed E-state index contributed by atoms with van der Waals surface area (Å²) in [6, 6.07) is 15.3. The van der Waals surface area contributed by atoms with Gasteiger partial charge in [0.15, 0.2) is 0 Å². The highest BCUT2D eigenvalue weighted by atomic mass is 32.2. The van der Waals surface area contributed by atoms with Crippen LogP contribution in [-0.4, -0.2) is 0 Å². The van der Waals surface area contributed by atoms with E-state index in [9.17, 15) is 0 Å². The first-order valence-corrected chi connectivity index (χ1v) is 6.51. The molecular weight excluding hydrogens is 220 g/mol. The van der Waals surface area contributed by atoms with Gasteiger partial charge >= 0.3 is 0 Å². The van der Waals surface area contributed by atoms with Gasteiger partial charge < -0.3 is 0 Å². The highest BCUT2D eigenvalue weighted by Crippen LogP contribution is 2.48. The van der Waals surface area contributed by atoms with E-state index >= 15 is 0 Å². The molecule has 0 saturated heterocycles. The van der Waals surface area contributed by atoms with Crippen LogP contribution in [0.5, 0.6) is 0 Å². The quantitative estimate of drug-likeness (QED) is 0.553. The summed E-state index contributed by atoms with van der Waals surface area (Å²) in [4.78, 5) is 5.52. The predicted molar refractivity (Wildman–Crippen MR) is 65.9 cm³/mol. The van der Waals surface area contributed by atoms with E-state index < -0.39 is 0 Å². The molecule has 1 aliphatic rings. The third-order valence-corrected chi connectivity index (χ3v) is 4.93. The van der Waals surface area contributed by atoms with Crippen LogP contribution < -0.4 is 0 Å². The van der Waals surface area contributed by atoms with Crippen molar-refractivity contribution < 1.29 is 0 Å². The molecule has 2 heteroatoms. The van der Waals surface area contributed by atoms with Gasteiger partial charge in [0, 0.05) is 19.6 Å². The van der Waals surface area contributed by atoms with Gasteiger partial charge in [0.25, 0.3) is 0 Å². The maximum absolute atomic E-state index is 2.27. The molecule has 15 heavy (non-hydrogen) atoms. The summed E-state index contributed by atoms with van der Waals surface area (Å²) in [5.41, 5.74) is 1.33. The smallest absolute Gasteiger partial charge is 0.0265 e. The molecule has 0 aromatic heterocycles. The number of benzene rings is 2. The minimum Gasteiger partial charge on any atom is -0.0877 e. The Morgan fingerprint density at radius 2 is 1.33 bits per heavy atom. The molecule has 74 valence electrons. The molecule has 0 amide bonds. The second-order valence-corrected chi connectivity index (χ2v) is 5.77. The first-order valence-electron chi connectivity index (χ1n) is 4.88. The first-order chi connectivity index (χ1) is 7.33. The van der Waals surface area contributed by atoms with Crippen LogP contribution in [0.4, 0.5) is 0 Å². The molecule has 0 atom stereocenters. The number of hydrogen-bond acceptors (Lipinski definition) is 2. The van der Waals surface area contributed by atoms with Crippen LogP contribution in [0.3, 0.4) is 0 Å². The van der Waals surface area contributed by atoms with E-state index in [-0.39, 0.29) is 0 Å². The van der Waals surface area contributed by atoms with E-state index in [2.05, 4.69) is 49.4 Å². The van der Waals surface area contributed by atoms with Crippen molar-refractivity contribution in [2.24, 2.45) is 0 Å². The summed E-state index contributed by atoms with van der Waals surface area (Å²) in [6.07, 6.45) is 0. The maximum Gasteiger partial charge on any atom is 0.0265 e. The summed E-state index contributed by atoms with van der Waals surface area (Å²) in [6.45, 7) is 2.14. The summed E-state index contributed by atoms with van der Waals surface area (Å²) in [5.74, 6) is 0. The van der Waals surface area contributed by atoms with Crippen LogP contribution in [0, 0.1) is 6.92 Å². The number of hydrogen-bond donors (Lipinski definition) is 0. The van der Waals surface area contributed by atoms with Gasteiger partial charge in [0.1, 0.15) is 0 Å². The van der Waals surface area contributed by atoms with Gasteiger partial charge in [-0.3, -0.25) is 0 Å². The summed E-state index contributed by atoms with van der Waals surface area (Å²) in [7, 11) is 0. The minimum absolute atomic E-state index is 1.33. The third-order valence-electron chi connectivity index (χ3n) is 2.39. The molecule has 0 bridgehead atoms. The van der Waals surface area contributed by atoms with Crippen molar-refractivity contribution in [2.75, 3.05) is 0 Å². The average Bonchev–Trinajstić information content (AvgIpc) is 2.26. The molecule has 1 aliphatic heterocycles. The van der Waals surface area contributed by atoms with E-state index in [1.165, 1.54) is 25.1 Å². The Hall–Kier alpha value is -0.860. The van der Waals surface area contributed by atoms with Crippen LogP contribution in [0.25, 0.3) is 0 Å². The normalized spacial score (nSPS) is 13.1. The SMILES string of the molecule is Cc1ccc2c(c1)Sc1ccccc1S2. The first kappa shape index (κ1) is 9.37. The molecule has 0 N–H and O–H groups in total. The van der Waals surface area contributed by atoms with Crippen LogP contribution >= 0.6 is 23.5 Å². The van der Waals surface area contributed by atoms with Gasteiger partial charge in [-0.15, -0.1) is 0 Å². The van der Waals surface area contributed by atoms with Crippen molar-refractivity contribution in [3.63, 3.8) is 0 Å². The van der Waals surface area contributed by atoms with Crippen molar-refractivity contribution in [1.82, 2.24) is 0 Å². The summed E-state index contributed by atoms with van der Waals surface area (Å²) in [5, 5.41) is 0. The van der Waals surface area contributed by atoms with Crippen molar-refractivity contribution in [3.8, 4) is 0 Å². The molecule has 0 radical (unpaired) electrons.